The Labute approximate surface area is 156 Å². The maximum Gasteiger partial charge on any atom is 0.321 e. The van der Waals surface area contributed by atoms with E-state index in [9.17, 15) is 27.2 Å². The lowest BCUT2D eigenvalue weighted by atomic mass is 9.91. The van der Waals surface area contributed by atoms with Crippen LogP contribution in [0.3, 0.4) is 0 Å². The minimum atomic E-state index is -3.05. The molecule has 0 radical (unpaired) electrons. The zero-order chi connectivity index (χ0) is 20.0. The number of alkyl halides is 2. The molecule has 1 N–H and O–H groups in total. The Bertz CT molecular complexity index is 1170. The zero-order valence-electron chi connectivity index (χ0n) is 14.2. The first-order valence-electron chi connectivity index (χ1n) is 8.26. The van der Waals surface area contributed by atoms with Crippen molar-refractivity contribution in [2.24, 2.45) is 0 Å². The van der Waals surface area contributed by atoms with Crippen molar-refractivity contribution in [1.29, 1.82) is 0 Å². The van der Waals surface area contributed by atoms with E-state index in [1.807, 2.05) is 0 Å². The van der Waals surface area contributed by atoms with Crippen molar-refractivity contribution in [3.63, 3.8) is 0 Å². The van der Waals surface area contributed by atoms with E-state index in [2.05, 4.69) is 5.32 Å². The number of carbonyl (C=O) groups excluding carboxylic acids is 1. The van der Waals surface area contributed by atoms with Gasteiger partial charge in [-0.2, -0.15) is 8.78 Å². The van der Waals surface area contributed by atoms with Gasteiger partial charge in [0.2, 0.25) is 0 Å². The monoisotopic (exact) mass is 388 g/mol. The van der Waals surface area contributed by atoms with Gasteiger partial charge < -0.3 is 5.32 Å². The Morgan fingerprint density at radius 2 is 1.68 bits per heavy atom. The molecule has 4 rings (SSSR count). The standard InChI is InChI=1S/C20H12F4N2O2/c21-12-2-3-13(17(22)6-12)16-7-15-11(8-25-19(15)28)5-14(16)10-1-4-18(27)26(9-10)20(23)24/h1-7,9,20H,8H2,(H,25,28). The second-order valence-electron chi connectivity index (χ2n) is 6.30. The molecule has 2 heterocycles. The molecule has 1 aliphatic heterocycles. The summed E-state index contributed by atoms with van der Waals surface area (Å²) in [7, 11) is 0. The largest absolute Gasteiger partial charge is 0.348 e. The van der Waals surface area contributed by atoms with Crippen molar-refractivity contribution in [3.05, 3.63) is 81.8 Å². The normalized spacial score (nSPS) is 13.0. The van der Waals surface area contributed by atoms with Crippen LogP contribution in [0.2, 0.25) is 0 Å². The highest BCUT2D eigenvalue weighted by Crippen LogP contribution is 2.37. The van der Waals surface area contributed by atoms with E-state index in [0.29, 0.717) is 22.8 Å². The van der Waals surface area contributed by atoms with Crippen molar-refractivity contribution in [1.82, 2.24) is 9.88 Å². The van der Waals surface area contributed by atoms with Crippen LogP contribution in [0.25, 0.3) is 22.3 Å². The molecule has 0 saturated carbocycles. The Balaban J connectivity index is 2.01. The minimum Gasteiger partial charge on any atom is -0.348 e. The Morgan fingerprint density at radius 3 is 2.39 bits per heavy atom. The van der Waals surface area contributed by atoms with Crippen molar-refractivity contribution in [2.45, 2.75) is 13.1 Å². The summed E-state index contributed by atoms with van der Waals surface area (Å²) in [4.78, 5) is 23.7. The van der Waals surface area contributed by atoms with E-state index in [4.69, 9.17) is 0 Å². The average Bonchev–Trinajstić information content (AvgIpc) is 3.01. The summed E-state index contributed by atoms with van der Waals surface area (Å²) >= 11 is 0. The molecule has 4 nitrogen and oxygen atoms in total. The smallest absolute Gasteiger partial charge is 0.321 e. The van der Waals surface area contributed by atoms with Crippen molar-refractivity contribution in [2.75, 3.05) is 0 Å². The molecule has 28 heavy (non-hydrogen) atoms. The van der Waals surface area contributed by atoms with Gasteiger partial charge in [0.15, 0.2) is 0 Å². The fourth-order valence-electron chi connectivity index (χ4n) is 3.26. The average molecular weight is 388 g/mol. The van der Waals surface area contributed by atoms with Gasteiger partial charge in [0.25, 0.3) is 11.5 Å². The van der Waals surface area contributed by atoms with E-state index in [-0.39, 0.29) is 33.7 Å². The maximum absolute atomic E-state index is 14.4. The number of nitrogens with one attached hydrogen (secondary N) is 1. The topological polar surface area (TPSA) is 51.1 Å². The molecule has 1 aliphatic rings. The van der Waals surface area contributed by atoms with Crippen LogP contribution >= 0.6 is 0 Å². The fraction of sp³-hybridized carbons (Fsp3) is 0.100. The van der Waals surface area contributed by atoms with Crippen LogP contribution in [0.4, 0.5) is 17.6 Å². The Hall–Kier alpha value is -3.42. The van der Waals surface area contributed by atoms with Crippen LogP contribution in [0, 0.1) is 11.6 Å². The van der Waals surface area contributed by atoms with Crippen molar-refractivity contribution < 1.29 is 22.4 Å². The molecule has 0 spiro atoms. The van der Waals surface area contributed by atoms with Crippen LogP contribution in [0.5, 0.6) is 0 Å². The van der Waals surface area contributed by atoms with E-state index in [0.717, 1.165) is 18.3 Å². The lowest BCUT2D eigenvalue weighted by molar-refractivity contribution is 0.0665. The molecular formula is C20H12F4N2O2. The molecular weight excluding hydrogens is 376 g/mol. The zero-order valence-corrected chi connectivity index (χ0v) is 14.2. The van der Waals surface area contributed by atoms with Gasteiger partial charge in [-0.25, -0.2) is 8.78 Å². The number of hydrogen-bond acceptors (Lipinski definition) is 2. The predicted molar refractivity (Wildman–Crippen MR) is 93.9 cm³/mol. The first-order valence-corrected chi connectivity index (χ1v) is 8.26. The van der Waals surface area contributed by atoms with Crippen LogP contribution < -0.4 is 10.9 Å². The van der Waals surface area contributed by atoms with Crippen LogP contribution in [0.1, 0.15) is 22.5 Å². The summed E-state index contributed by atoms with van der Waals surface area (Å²) in [6, 6.07) is 8.34. The number of fused-ring (bicyclic) bond motifs is 1. The molecule has 142 valence electrons. The van der Waals surface area contributed by atoms with Crippen molar-refractivity contribution >= 4 is 5.91 Å². The van der Waals surface area contributed by atoms with Gasteiger partial charge in [-0.15, -0.1) is 0 Å². The molecule has 0 fully saturated rings. The van der Waals surface area contributed by atoms with Crippen LogP contribution in [-0.4, -0.2) is 10.5 Å². The highest BCUT2D eigenvalue weighted by Gasteiger charge is 2.24. The molecule has 0 aliphatic carbocycles. The number of carbonyl (C=O) groups is 1. The summed E-state index contributed by atoms with van der Waals surface area (Å²) in [6.45, 7) is -2.81. The van der Waals surface area contributed by atoms with Crippen molar-refractivity contribution in [3.8, 4) is 22.3 Å². The van der Waals surface area contributed by atoms with E-state index in [1.54, 1.807) is 6.07 Å². The molecule has 2 aromatic carbocycles. The van der Waals surface area contributed by atoms with Crippen LogP contribution in [-0.2, 0) is 6.54 Å². The van der Waals surface area contributed by atoms with Gasteiger partial charge in [0.1, 0.15) is 11.6 Å². The summed E-state index contributed by atoms with van der Waals surface area (Å²) in [5.74, 6) is -1.97. The third kappa shape index (κ3) is 2.96. The highest BCUT2D eigenvalue weighted by atomic mass is 19.3. The van der Waals surface area contributed by atoms with Gasteiger partial charge in [-0.3, -0.25) is 14.2 Å². The number of halogens is 4. The lowest BCUT2D eigenvalue weighted by Crippen LogP contribution is -2.19. The molecule has 0 saturated heterocycles. The van der Waals surface area contributed by atoms with Gasteiger partial charge in [-0.1, -0.05) is 0 Å². The van der Waals surface area contributed by atoms with Gasteiger partial charge in [0, 0.05) is 36.0 Å². The number of aromatic nitrogens is 1. The summed E-state index contributed by atoms with van der Waals surface area (Å²) < 4.78 is 54.3. The summed E-state index contributed by atoms with van der Waals surface area (Å²) in [5.41, 5.74) is 0.870. The Kier molecular flexibility index (Phi) is 4.26. The second kappa shape index (κ2) is 6.63. The van der Waals surface area contributed by atoms with E-state index >= 15 is 0 Å². The number of rotatable bonds is 3. The van der Waals surface area contributed by atoms with Gasteiger partial charge in [0.05, 0.1) is 0 Å². The van der Waals surface area contributed by atoms with E-state index in [1.165, 1.54) is 18.2 Å². The molecule has 1 amide bonds. The van der Waals surface area contributed by atoms with E-state index < -0.39 is 23.7 Å². The number of pyridine rings is 1. The molecule has 0 atom stereocenters. The molecule has 0 bridgehead atoms. The molecule has 0 unspecified atom stereocenters. The Morgan fingerprint density at radius 1 is 0.893 bits per heavy atom. The maximum atomic E-state index is 14.4. The predicted octanol–water partition coefficient (Wildman–Crippen LogP) is 4.10. The molecule has 8 heteroatoms. The van der Waals surface area contributed by atoms with Gasteiger partial charge in [-0.05, 0) is 52.6 Å². The summed E-state index contributed by atoms with van der Waals surface area (Å²) in [6.07, 6.45) is 0.976. The number of hydrogen-bond donors (Lipinski definition) is 1. The second-order valence-corrected chi connectivity index (χ2v) is 6.30. The SMILES string of the molecule is O=C1NCc2cc(-c3ccc(=O)n(C(F)F)c3)c(-c3ccc(F)cc3F)cc21. The molecule has 1 aromatic heterocycles. The quantitative estimate of drug-likeness (QED) is 0.687. The first kappa shape index (κ1) is 18.0. The highest BCUT2D eigenvalue weighted by molar-refractivity contribution is 6.01. The van der Waals surface area contributed by atoms with Gasteiger partial charge >= 0.3 is 6.55 Å². The van der Waals surface area contributed by atoms with Crippen LogP contribution in [0.15, 0.2) is 53.5 Å². The number of nitrogens with zero attached hydrogens (tertiary/aromatic N) is 1. The number of amides is 1. The lowest BCUT2D eigenvalue weighted by Gasteiger charge is -2.15. The third-order valence-electron chi connectivity index (χ3n) is 4.61. The summed E-state index contributed by atoms with van der Waals surface area (Å²) in [5, 5.41) is 2.64. The third-order valence-corrected chi connectivity index (χ3v) is 4.61. The minimum absolute atomic E-state index is 0.00805. The molecule has 3 aromatic rings. The number of benzene rings is 2. The fourth-order valence-corrected chi connectivity index (χ4v) is 3.26. The first-order chi connectivity index (χ1) is 13.3.